The van der Waals surface area contributed by atoms with Gasteiger partial charge >= 0.3 is 0 Å². The van der Waals surface area contributed by atoms with Gasteiger partial charge in [-0.3, -0.25) is 0 Å². The third-order valence-electron chi connectivity index (χ3n) is 3.63. The molecule has 2 aromatic rings. The lowest BCUT2D eigenvalue weighted by atomic mass is 9.94. The Hall–Kier alpha value is -0.900. The van der Waals surface area contributed by atoms with Crippen LogP contribution in [0.4, 0.5) is 4.39 Å². The van der Waals surface area contributed by atoms with Crippen molar-refractivity contribution in [3.8, 4) is 0 Å². The molecule has 1 aromatic carbocycles. The summed E-state index contributed by atoms with van der Waals surface area (Å²) in [7, 11) is 0. The van der Waals surface area contributed by atoms with Crippen LogP contribution in [0.5, 0.6) is 0 Å². The van der Waals surface area contributed by atoms with Gasteiger partial charge < -0.3 is 5.32 Å². The van der Waals surface area contributed by atoms with Crippen LogP contribution in [-0.2, 0) is 6.42 Å². The summed E-state index contributed by atoms with van der Waals surface area (Å²) >= 11 is 7.60. The average molecular weight is 310 g/mol. The number of benzene rings is 1. The van der Waals surface area contributed by atoms with Crippen LogP contribution in [0.2, 0.25) is 4.34 Å². The van der Waals surface area contributed by atoms with Crippen LogP contribution in [0.15, 0.2) is 36.4 Å². The second-order valence-electron chi connectivity index (χ2n) is 5.34. The minimum absolute atomic E-state index is 0.164. The van der Waals surface area contributed by atoms with E-state index in [1.165, 1.54) is 23.8 Å². The highest BCUT2D eigenvalue weighted by molar-refractivity contribution is 7.16. The van der Waals surface area contributed by atoms with Crippen molar-refractivity contribution in [2.75, 3.05) is 6.54 Å². The van der Waals surface area contributed by atoms with Gasteiger partial charge in [-0.25, -0.2) is 4.39 Å². The summed E-state index contributed by atoms with van der Waals surface area (Å²) in [6, 6.07) is 11.6. The topological polar surface area (TPSA) is 12.0 Å². The highest BCUT2D eigenvalue weighted by Crippen LogP contribution is 2.29. The van der Waals surface area contributed by atoms with Gasteiger partial charge in [0.05, 0.1) is 4.34 Å². The Morgan fingerprint density at radius 2 is 2.15 bits per heavy atom. The number of hydrogen-bond acceptors (Lipinski definition) is 2. The fraction of sp³-hybridized carbons (Fsp3) is 0.375. The molecule has 0 amide bonds. The van der Waals surface area contributed by atoms with Crippen molar-refractivity contribution >= 4 is 22.9 Å². The Labute approximate surface area is 127 Å². The van der Waals surface area contributed by atoms with E-state index in [4.69, 9.17) is 11.6 Å². The summed E-state index contributed by atoms with van der Waals surface area (Å²) in [5.41, 5.74) is 1.06. The molecule has 1 fully saturated rings. The molecule has 20 heavy (non-hydrogen) atoms. The first-order chi connectivity index (χ1) is 9.70. The lowest BCUT2D eigenvalue weighted by Gasteiger charge is -2.17. The molecule has 3 rings (SSSR count). The number of halogens is 2. The van der Waals surface area contributed by atoms with Gasteiger partial charge in [-0.05, 0) is 49.1 Å². The fourth-order valence-electron chi connectivity index (χ4n) is 2.37. The van der Waals surface area contributed by atoms with Crippen LogP contribution in [0.1, 0.15) is 29.2 Å². The summed E-state index contributed by atoms with van der Waals surface area (Å²) in [5, 5.41) is 3.55. The van der Waals surface area contributed by atoms with Crippen LogP contribution in [0.3, 0.4) is 0 Å². The summed E-state index contributed by atoms with van der Waals surface area (Å²) in [5.74, 6) is 0.129. The molecule has 106 valence electrons. The van der Waals surface area contributed by atoms with E-state index >= 15 is 0 Å². The molecule has 1 nitrogen and oxygen atoms in total. The minimum atomic E-state index is -0.164. The Morgan fingerprint density at radius 1 is 1.30 bits per heavy atom. The van der Waals surface area contributed by atoms with Gasteiger partial charge in [-0.15, -0.1) is 11.3 Å². The predicted octanol–water partition coefficient (Wildman–Crippen LogP) is 4.62. The van der Waals surface area contributed by atoms with Crippen molar-refractivity contribution in [2.24, 2.45) is 0 Å². The minimum Gasteiger partial charge on any atom is -0.313 e. The van der Waals surface area contributed by atoms with E-state index in [9.17, 15) is 4.39 Å². The van der Waals surface area contributed by atoms with Crippen LogP contribution in [-0.4, -0.2) is 12.6 Å². The van der Waals surface area contributed by atoms with E-state index in [1.54, 1.807) is 23.5 Å². The molecule has 0 saturated heterocycles. The Kier molecular flexibility index (Phi) is 4.39. The van der Waals surface area contributed by atoms with Crippen molar-refractivity contribution in [3.05, 3.63) is 57.0 Å². The van der Waals surface area contributed by atoms with E-state index in [1.807, 2.05) is 12.1 Å². The molecule has 1 aliphatic rings. The molecule has 0 bridgehead atoms. The van der Waals surface area contributed by atoms with E-state index in [0.717, 1.165) is 22.9 Å². The molecule has 0 spiro atoms. The van der Waals surface area contributed by atoms with Crippen molar-refractivity contribution in [1.29, 1.82) is 0 Å². The van der Waals surface area contributed by atoms with Gasteiger partial charge in [-0.2, -0.15) is 0 Å². The van der Waals surface area contributed by atoms with Crippen LogP contribution in [0.25, 0.3) is 0 Å². The quantitative estimate of drug-likeness (QED) is 0.821. The molecular formula is C16H17ClFNS. The van der Waals surface area contributed by atoms with Gasteiger partial charge in [0.1, 0.15) is 5.82 Å². The molecule has 1 unspecified atom stereocenters. The van der Waals surface area contributed by atoms with E-state index in [0.29, 0.717) is 12.0 Å². The molecular weight excluding hydrogens is 293 g/mol. The molecule has 0 radical (unpaired) electrons. The van der Waals surface area contributed by atoms with Crippen molar-refractivity contribution in [3.63, 3.8) is 0 Å². The van der Waals surface area contributed by atoms with Gasteiger partial charge in [0.2, 0.25) is 0 Å². The second-order valence-corrected chi connectivity index (χ2v) is 7.14. The zero-order valence-corrected chi connectivity index (χ0v) is 12.7. The Balaban J connectivity index is 1.74. The molecule has 4 heteroatoms. The highest BCUT2D eigenvalue weighted by atomic mass is 35.5. The van der Waals surface area contributed by atoms with Crippen molar-refractivity contribution < 1.29 is 4.39 Å². The molecule has 1 saturated carbocycles. The summed E-state index contributed by atoms with van der Waals surface area (Å²) in [6.07, 6.45) is 3.43. The molecule has 1 N–H and O–H groups in total. The summed E-state index contributed by atoms with van der Waals surface area (Å²) in [4.78, 5) is 1.25. The zero-order valence-electron chi connectivity index (χ0n) is 11.1. The van der Waals surface area contributed by atoms with Gasteiger partial charge in [0.15, 0.2) is 0 Å². The maximum atomic E-state index is 13.4. The van der Waals surface area contributed by atoms with Gasteiger partial charge in [-0.1, -0.05) is 23.7 Å². The summed E-state index contributed by atoms with van der Waals surface area (Å²) in [6.45, 7) is 0.892. The van der Waals surface area contributed by atoms with Crippen LogP contribution in [0, 0.1) is 5.82 Å². The molecule has 1 aromatic heterocycles. The predicted molar refractivity (Wildman–Crippen MR) is 83.2 cm³/mol. The maximum absolute atomic E-state index is 13.4. The molecule has 1 heterocycles. The van der Waals surface area contributed by atoms with Gasteiger partial charge in [0, 0.05) is 23.4 Å². The monoisotopic (exact) mass is 309 g/mol. The molecule has 1 aliphatic carbocycles. The number of thiophene rings is 1. The SMILES string of the molecule is Fc1cccc(C(CNC2CC2)Cc2ccc(Cl)s2)c1. The lowest BCUT2D eigenvalue weighted by Crippen LogP contribution is -2.24. The lowest BCUT2D eigenvalue weighted by molar-refractivity contribution is 0.571. The van der Waals surface area contributed by atoms with E-state index in [2.05, 4.69) is 11.4 Å². The van der Waals surface area contributed by atoms with Gasteiger partial charge in [0.25, 0.3) is 0 Å². The van der Waals surface area contributed by atoms with Crippen molar-refractivity contribution in [1.82, 2.24) is 5.32 Å². The first kappa shape index (κ1) is 14.1. The first-order valence-electron chi connectivity index (χ1n) is 6.94. The van der Waals surface area contributed by atoms with E-state index in [-0.39, 0.29) is 5.82 Å². The Bertz CT molecular complexity index is 579. The Morgan fingerprint density at radius 3 is 2.80 bits per heavy atom. The molecule has 0 aliphatic heterocycles. The second kappa shape index (κ2) is 6.25. The summed E-state index contributed by atoms with van der Waals surface area (Å²) < 4.78 is 14.3. The van der Waals surface area contributed by atoms with Crippen molar-refractivity contribution in [2.45, 2.75) is 31.2 Å². The number of hydrogen-bond donors (Lipinski definition) is 1. The largest absolute Gasteiger partial charge is 0.313 e. The zero-order chi connectivity index (χ0) is 13.9. The third kappa shape index (κ3) is 3.81. The smallest absolute Gasteiger partial charge is 0.123 e. The number of nitrogens with one attached hydrogen (secondary N) is 1. The number of rotatable bonds is 6. The third-order valence-corrected chi connectivity index (χ3v) is 4.88. The molecule has 1 atom stereocenters. The van der Waals surface area contributed by atoms with E-state index < -0.39 is 0 Å². The standard InChI is InChI=1S/C16H17ClFNS/c17-16-7-6-15(20-16)9-12(10-19-14-4-5-14)11-2-1-3-13(18)8-11/h1-3,6-8,12,14,19H,4-5,9-10H2. The normalized spacial score (nSPS) is 16.3. The van der Waals surface area contributed by atoms with Crippen LogP contribution >= 0.6 is 22.9 Å². The first-order valence-corrected chi connectivity index (χ1v) is 8.13. The average Bonchev–Trinajstić information content (AvgIpc) is 3.17. The van der Waals surface area contributed by atoms with Crippen LogP contribution < -0.4 is 5.32 Å². The fourth-order valence-corrected chi connectivity index (χ4v) is 3.54. The highest BCUT2D eigenvalue weighted by Gasteiger charge is 2.23. The maximum Gasteiger partial charge on any atom is 0.123 e.